The smallest absolute Gasteiger partial charge is 0.133 e. The molecule has 0 saturated carbocycles. The van der Waals surface area contributed by atoms with Crippen LogP contribution in [-0.2, 0) is 9.53 Å². The van der Waals surface area contributed by atoms with Gasteiger partial charge in [0.25, 0.3) is 0 Å². The number of ketones is 1. The molecule has 0 heterocycles. The Morgan fingerprint density at radius 1 is 1.12 bits per heavy atom. The first-order valence-corrected chi connectivity index (χ1v) is 6.91. The van der Waals surface area contributed by atoms with Gasteiger partial charge >= 0.3 is 0 Å². The average Bonchev–Trinajstić information content (AvgIpc) is 2.19. The van der Waals surface area contributed by atoms with Crippen LogP contribution in [0, 0.1) is 11.3 Å². The van der Waals surface area contributed by atoms with Crippen molar-refractivity contribution in [2.45, 2.75) is 66.7 Å². The van der Waals surface area contributed by atoms with Gasteiger partial charge in [-0.15, -0.1) is 0 Å². The van der Waals surface area contributed by atoms with E-state index in [1.165, 1.54) is 0 Å². The van der Waals surface area contributed by atoms with E-state index in [1.807, 2.05) is 0 Å². The normalized spacial score (nSPS) is 12.1. The number of hydrogen-bond donors (Lipinski definition) is 0. The highest BCUT2D eigenvalue weighted by Crippen LogP contribution is 2.21. The first-order valence-electron chi connectivity index (χ1n) is 6.91. The Morgan fingerprint density at radius 3 is 2.29 bits per heavy atom. The summed E-state index contributed by atoms with van der Waals surface area (Å²) >= 11 is 0. The largest absolute Gasteiger partial charge is 0.381 e. The quantitative estimate of drug-likeness (QED) is 0.566. The lowest BCUT2D eigenvalue weighted by Gasteiger charge is -2.16. The van der Waals surface area contributed by atoms with E-state index in [1.54, 1.807) is 0 Å². The lowest BCUT2D eigenvalue weighted by Crippen LogP contribution is -2.09. The highest BCUT2D eigenvalue weighted by Gasteiger charge is 2.12. The molecule has 0 aromatic rings. The Labute approximate surface area is 107 Å². The van der Waals surface area contributed by atoms with E-state index in [9.17, 15) is 4.79 Å². The van der Waals surface area contributed by atoms with Crippen molar-refractivity contribution in [3.63, 3.8) is 0 Å². The zero-order valence-corrected chi connectivity index (χ0v) is 12.3. The van der Waals surface area contributed by atoms with Crippen molar-refractivity contribution in [1.82, 2.24) is 0 Å². The molecule has 0 aliphatic carbocycles. The maximum Gasteiger partial charge on any atom is 0.133 e. The Kier molecular flexibility index (Phi) is 8.49. The second-order valence-corrected chi connectivity index (χ2v) is 6.50. The first-order chi connectivity index (χ1) is 7.81. The first kappa shape index (κ1) is 16.6. The molecule has 2 nitrogen and oxygen atoms in total. The molecule has 0 aromatic carbocycles. The SMILES string of the molecule is CC(C)CCOCCCC(=O)CCC(C)(C)C. The molecule has 2 heteroatoms. The van der Waals surface area contributed by atoms with E-state index < -0.39 is 0 Å². The third-order valence-electron chi connectivity index (χ3n) is 2.74. The zero-order valence-electron chi connectivity index (χ0n) is 12.3. The molecule has 0 saturated heterocycles. The van der Waals surface area contributed by atoms with Crippen LogP contribution in [0.1, 0.15) is 66.7 Å². The molecule has 0 radical (unpaired) electrons. The number of Topliss-reactive ketones (excluding diaryl/α,β-unsaturated/α-hetero) is 1. The van der Waals surface area contributed by atoms with Crippen LogP contribution in [0.3, 0.4) is 0 Å². The average molecular weight is 242 g/mol. The minimum Gasteiger partial charge on any atom is -0.381 e. The summed E-state index contributed by atoms with van der Waals surface area (Å²) in [4.78, 5) is 11.6. The number of rotatable bonds is 9. The van der Waals surface area contributed by atoms with E-state index in [-0.39, 0.29) is 5.41 Å². The molecule has 0 spiro atoms. The molecule has 0 aromatic heterocycles. The van der Waals surface area contributed by atoms with Gasteiger partial charge in [-0.3, -0.25) is 4.79 Å². The van der Waals surface area contributed by atoms with Crippen molar-refractivity contribution >= 4 is 5.78 Å². The van der Waals surface area contributed by atoms with Gasteiger partial charge in [0, 0.05) is 26.1 Å². The van der Waals surface area contributed by atoms with Crippen molar-refractivity contribution in [3.8, 4) is 0 Å². The maximum atomic E-state index is 11.6. The molecule has 0 rings (SSSR count). The summed E-state index contributed by atoms with van der Waals surface area (Å²) in [6.45, 7) is 12.5. The molecular weight excluding hydrogens is 212 g/mol. The Balaban J connectivity index is 3.34. The van der Waals surface area contributed by atoms with Gasteiger partial charge in [-0.1, -0.05) is 34.6 Å². The molecule has 0 N–H and O–H groups in total. The fraction of sp³-hybridized carbons (Fsp3) is 0.933. The lowest BCUT2D eigenvalue weighted by atomic mass is 9.89. The van der Waals surface area contributed by atoms with Gasteiger partial charge in [-0.2, -0.15) is 0 Å². The predicted octanol–water partition coefficient (Wildman–Crippen LogP) is 4.22. The summed E-state index contributed by atoms with van der Waals surface area (Å²) < 4.78 is 5.49. The van der Waals surface area contributed by atoms with Gasteiger partial charge < -0.3 is 4.74 Å². The molecule has 0 amide bonds. The van der Waals surface area contributed by atoms with E-state index in [2.05, 4.69) is 34.6 Å². The van der Waals surface area contributed by atoms with Crippen LogP contribution in [0.4, 0.5) is 0 Å². The second kappa shape index (κ2) is 8.68. The number of carbonyl (C=O) groups excluding carboxylic acids is 1. The third kappa shape index (κ3) is 13.6. The molecule has 0 aliphatic heterocycles. The van der Waals surface area contributed by atoms with Crippen molar-refractivity contribution in [3.05, 3.63) is 0 Å². The molecule has 0 bridgehead atoms. The maximum absolute atomic E-state index is 11.6. The third-order valence-corrected chi connectivity index (χ3v) is 2.74. The molecule has 0 unspecified atom stereocenters. The van der Waals surface area contributed by atoms with E-state index >= 15 is 0 Å². The minimum atomic E-state index is 0.267. The van der Waals surface area contributed by atoms with Crippen LogP contribution in [0.15, 0.2) is 0 Å². The number of ether oxygens (including phenoxy) is 1. The number of carbonyl (C=O) groups is 1. The zero-order chi connectivity index (χ0) is 13.3. The summed E-state index contributed by atoms with van der Waals surface area (Å²) in [6, 6.07) is 0. The molecule has 17 heavy (non-hydrogen) atoms. The van der Waals surface area contributed by atoms with Crippen LogP contribution in [-0.4, -0.2) is 19.0 Å². The molecule has 0 fully saturated rings. The van der Waals surface area contributed by atoms with Gasteiger partial charge in [-0.25, -0.2) is 0 Å². The molecule has 0 atom stereocenters. The molecule has 102 valence electrons. The summed E-state index contributed by atoms with van der Waals surface area (Å²) in [6.07, 6.45) is 4.37. The fourth-order valence-corrected chi connectivity index (χ4v) is 1.43. The van der Waals surface area contributed by atoms with Gasteiger partial charge in [0.1, 0.15) is 5.78 Å². The van der Waals surface area contributed by atoms with Crippen molar-refractivity contribution in [2.24, 2.45) is 11.3 Å². The highest BCUT2D eigenvalue weighted by molar-refractivity contribution is 5.78. The summed E-state index contributed by atoms with van der Waals surface area (Å²) in [5.41, 5.74) is 0.267. The van der Waals surface area contributed by atoms with Gasteiger partial charge in [-0.05, 0) is 30.6 Å². The van der Waals surface area contributed by atoms with Crippen LogP contribution in [0.5, 0.6) is 0 Å². The summed E-state index contributed by atoms with van der Waals surface area (Å²) in [5.74, 6) is 1.08. The standard InChI is InChI=1S/C15H30O2/c1-13(2)9-12-17-11-6-7-14(16)8-10-15(3,4)5/h13H,6-12H2,1-5H3. The van der Waals surface area contributed by atoms with Crippen LogP contribution in [0.2, 0.25) is 0 Å². The van der Waals surface area contributed by atoms with E-state index in [0.29, 0.717) is 18.1 Å². The van der Waals surface area contributed by atoms with Crippen molar-refractivity contribution in [1.29, 1.82) is 0 Å². The predicted molar refractivity (Wildman–Crippen MR) is 73.2 cm³/mol. The Morgan fingerprint density at radius 2 is 1.76 bits per heavy atom. The summed E-state index contributed by atoms with van der Waals surface area (Å²) in [5, 5.41) is 0. The Hall–Kier alpha value is -0.370. The Bertz CT molecular complexity index is 201. The van der Waals surface area contributed by atoms with Gasteiger partial charge in [0.2, 0.25) is 0 Å². The fourth-order valence-electron chi connectivity index (χ4n) is 1.43. The van der Waals surface area contributed by atoms with E-state index in [0.717, 1.165) is 38.9 Å². The van der Waals surface area contributed by atoms with Crippen molar-refractivity contribution < 1.29 is 9.53 Å². The highest BCUT2D eigenvalue weighted by atomic mass is 16.5. The van der Waals surface area contributed by atoms with E-state index in [4.69, 9.17) is 4.74 Å². The minimum absolute atomic E-state index is 0.267. The monoisotopic (exact) mass is 242 g/mol. The molecular formula is C15H30O2. The van der Waals surface area contributed by atoms with Gasteiger partial charge in [0.15, 0.2) is 0 Å². The van der Waals surface area contributed by atoms with Crippen LogP contribution >= 0.6 is 0 Å². The second-order valence-electron chi connectivity index (χ2n) is 6.50. The number of hydrogen-bond acceptors (Lipinski definition) is 2. The topological polar surface area (TPSA) is 26.3 Å². The molecule has 0 aliphatic rings. The summed E-state index contributed by atoms with van der Waals surface area (Å²) in [7, 11) is 0. The lowest BCUT2D eigenvalue weighted by molar-refractivity contribution is -0.119. The van der Waals surface area contributed by atoms with Crippen LogP contribution < -0.4 is 0 Å². The van der Waals surface area contributed by atoms with Crippen LogP contribution in [0.25, 0.3) is 0 Å². The van der Waals surface area contributed by atoms with Gasteiger partial charge in [0.05, 0.1) is 0 Å². The van der Waals surface area contributed by atoms with Crippen molar-refractivity contribution in [2.75, 3.05) is 13.2 Å².